The zero-order valence-corrected chi connectivity index (χ0v) is 16.0. The lowest BCUT2D eigenvalue weighted by Crippen LogP contribution is -2.38. The molecule has 0 spiro atoms. The van der Waals surface area contributed by atoms with E-state index < -0.39 is 36.0 Å². The molecule has 2 fully saturated rings. The van der Waals surface area contributed by atoms with Gasteiger partial charge in [-0.1, -0.05) is 6.07 Å². The number of halogens is 5. The van der Waals surface area contributed by atoms with Crippen LogP contribution in [0.5, 0.6) is 0 Å². The third kappa shape index (κ3) is 4.28. The summed E-state index contributed by atoms with van der Waals surface area (Å²) >= 11 is 0. The van der Waals surface area contributed by atoms with Gasteiger partial charge in [-0.05, 0) is 49.3 Å². The Bertz CT molecular complexity index is 932. The number of oxazole rings is 1. The molecule has 3 N–H and O–H groups in total. The van der Waals surface area contributed by atoms with Gasteiger partial charge in [-0.25, -0.2) is 13.8 Å². The zero-order chi connectivity index (χ0) is 21.7. The van der Waals surface area contributed by atoms with Crippen LogP contribution in [0.25, 0.3) is 11.1 Å². The van der Waals surface area contributed by atoms with Crippen LogP contribution in [0.15, 0.2) is 22.6 Å². The largest absolute Gasteiger partial charge is 0.439 e. The average Bonchev–Trinajstić information content (AvgIpc) is 3.24. The first-order valence-corrected chi connectivity index (χ1v) is 9.92. The molecule has 0 bridgehead atoms. The van der Waals surface area contributed by atoms with Crippen LogP contribution in [0.1, 0.15) is 49.6 Å². The van der Waals surface area contributed by atoms with Crippen molar-refractivity contribution in [1.82, 2.24) is 10.3 Å². The Morgan fingerprint density at radius 2 is 1.97 bits per heavy atom. The van der Waals surface area contributed by atoms with E-state index in [1.807, 2.05) is 5.32 Å². The highest BCUT2D eigenvalue weighted by molar-refractivity contribution is 5.82. The van der Waals surface area contributed by atoms with Crippen molar-refractivity contribution >= 4 is 17.0 Å². The zero-order valence-electron chi connectivity index (χ0n) is 16.0. The first-order chi connectivity index (χ1) is 14.0. The summed E-state index contributed by atoms with van der Waals surface area (Å²) in [6.45, 7) is 0. The molecule has 1 amide bonds. The van der Waals surface area contributed by atoms with Gasteiger partial charge in [0.15, 0.2) is 5.58 Å². The quantitative estimate of drug-likeness (QED) is 0.709. The molecule has 1 aromatic carbocycles. The van der Waals surface area contributed by atoms with Crippen LogP contribution in [0.2, 0.25) is 0 Å². The minimum absolute atomic E-state index is 0.153. The minimum atomic E-state index is -4.46. The molecule has 2 aromatic rings. The second kappa shape index (κ2) is 7.47. The summed E-state index contributed by atoms with van der Waals surface area (Å²) in [5.41, 5.74) is 7.80. The molecule has 30 heavy (non-hydrogen) atoms. The predicted molar refractivity (Wildman–Crippen MR) is 97.6 cm³/mol. The van der Waals surface area contributed by atoms with E-state index in [0.29, 0.717) is 16.7 Å². The molecule has 0 radical (unpaired) electrons. The van der Waals surface area contributed by atoms with E-state index in [2.05, 4.69) is 4.98 Å². The van der Waals surface area contributed by atoms with E-state index in [1.165, 1.54) is 0 Å². The summed E-state index contributed by atoms with van der Waals surface area (Å²) in [5.74, 6) is -3.93. The van der Waals surface area contributed by atoms with Gasteiger partial charge in [0.2, 0.25) is 17.7 Å². The maximum Gasteiger partial charge on any atom is 0.408 e. The fourth-order valence-corrected chi connectivity index (χ4v) is 4.30. The van der Waals surface area contributed by atoms with Gasteiger partial charge in [0.05, 0.1) is 6.04 Å². The van der Waals surface area contributed by atoms with Crippen LogP contribution in [0, 0.1) is 11.8 Å². The second-order valence-electron chi connectivity index (χ2n) is 8.31. The van der Waals surface area contributed by atoms with Crippen LogP contribution in [-0.4, -0.2) is 29.0 Å². The van der Waals surface area contributed by atoms with Crippen LogP contribution in [0.4, 0.5) is 22.0 Å². The summed E-state index contributed by atoms with van der Waals surface area (Å²) < 4.78 is 70.9. The normalized spacial score (nSPS) is 26.1. The molecular formula is C20H22F5N3O2. The number of fused-ring (bicyclic) bond motifs is 1. The molecule has 1 saturated heterocycles. The molecule has 1 aliphatic heterocycles. The highest BCUT2D eigenvalue weighted by atomic mass is 19.4. The molecule has 1 saturated carbocycles. The van der Waals surface area contributed by atoms with Crippen molar-refractivity contribution in [2.45, 2.75) is 62.7 Å². The maximum atomic E-state index is 13.4. The Hall–Kier alpha value is -2.23. The number of rotatable bonds is 4. The Balaban J connectivity index is 1.46. The van der Waals surface area contributed by atoms with Crippen LogP contribution < -0.4 is 11.1 Å². The van der Waals surface area contributed by atoms with Crippen molar-refractivity contribution in [3.05, 3.63) is 29.7 Å². The van der Waals surface area contributed by atoms with Gasteiger partial charge >= 0.3 is 6.18 Å². The molecule has 2 aliphatic rings. The molecule has 2 heterocycles. The SMILES string of the molecule is N[C@H](c1nc2cc(C[C@H]3C[C@@H](C(F)(F)F)NC3=O)ccc2o1)C1CCC(F)(F)CC1. The number of hydrogen-bond donors (Lipinski definition) is 2. The number of hydrogen-bond acceptors (Lipinski definition) is 4. The Morgan fingerprint density at radius 1 is 1.27 bits per heavy atom. The van der Waals surface area contributed by atoms with E-state index in [-0.39, 0.29) is 50.3 Å². The lowest BCUT2D eigenvalue weighted by Gasteiger charge is -2.30. The topological polar surface area (TPSA) is 81.1 Å². The van der Waals surface area contributed by atoms with Crippen molar-refractivity contribution in [2.24, 2.45) is 17.6 Å². The molecule has 1 aromatic heterocycles. The number of carbonyl (C=O) groups excluding carboxylic acids is 1. The van der Waals surface area contributed by atoms with E-state index in [1.54, 1.807) is 18.2 Å². The summed E-state index contributed by atoms with van der Waals surface area (Å²) in [4.78, 5) is 16.3. The first kappa shape index (κ1) is 21.0. The fraction of sp³-hybridized carbons (Fsp3) is 0.600. The summed E-state index contributed by atoms with van der Waals surface area (Å²) in [6, 6.07) is 2.55. The van der Waals surface area contributed by atoms with E-state index in [9.17, 15) is 26.7 Å². The Morgan fingerprint density at radius 3 is 2.60 bits per heavy atom. The van der Waals surface area contributed by atoms with Gasteiger partial charge in [0, 0.05) is 18.8 Å². The number of nitrogens with one attached hydrogen (secondary N) is 1. The van der Waals surface area contributed by atoms with Gasteiger partial charge in [-0.3, -0.25) is 4.79 Å². The summed E-state index contributed by atoms with van der Waals surface area (Å²) in [7, 11) is 0. The average molecular weight is 431 g/mol. The van der Waals surface area contributed by atoms with Gasteiger partial charge in [0.1, 0.15) is 11.6 Å². The summed E-state index contributed by atoms with van der Waals surface area (Å²) in [6.07, 6.45) is -4.46. The van der Waals surface area contributed by atoms with Gasteiger partial charge in [-0.15, -0.1) is 0 Å². The molecule has 1 aliphatic carbocycles. The number of aromatic nitrogens is 1. The second-order valence-corrected chi connectivity index (χ2v) is 8.31. The van der Waals surface area contributed by atoms with Gasteiger partial charge in [0.25, 0.3) is 0 Å². The monoisotopic (exact) mass is 431 g/mol. The fourth-order valence-electron chi connectivity index (χ4n) is 4.30. The molecule has 3 atom stereocenters. The third-order valence-electron chi connectivity index (χ3n) is 6.11. The lowest BCUT2D eigenvalue weighted by atomic mass is 9.82. The molecule has 5 nitrogen and oxygen atoms in total. The molecule has 0 unspecified atom stereocenters. The first-order valence-electron chi connectivity index (χ1n) is 9.92. The molecule has 164 valence electrons. The minimum Gasteiger partial charge on any atom is -0.439 e. The van der Waals surface area contributed by atoms with Crippen molar-refractivity contribution in [2.75, 3.05) is 0 Å². The number of amides is 1. The van der Waals surface area contributed by atoms with Crippen molar-refractivity contribution in [3.63, 3.8) is 0 Å². The molecular weight excluding hydrogens is 409 g/mol. The van der Waals surface area contributed by atoms with Crippen molar-refractivity contribution in [3.8, 4) is 0 Å². The highest BCUT2D eigenvalue weighted by Gasteiger charge is 2.47. The number of alkyl halides is 5. The third-order valence-corrected chi connectivity index (χ3v) is 6.11. The van der Waals surface area contributed by atoms with Crippen LogP contribution in [-0.2, 0) is 11.2 Å². The predicted octanol–water partition coefficient (Wildman–Crippen LogP) is 4.26. The Labute approximate surface area is 169 Å². The van der Waals surface area contributed by atoms with E-state index in [4.69, 9.17) is 10.2 Å². The van der Waals surface area contributed by atoms with Crippen molar-refractivity contribution < 1.29 is 31.2 Å². The van der Waals surface area contributed by atoms with E-state index >= 15 is 0 Å². The number of nitrogens with zero attached hydrogens (tertiary/aromatic N) is 1. The smallest absolute Gasteiger partial charge is 0.408 e. The number of nitrogens with two attached hydrogens (primary N) is 1. The standard InChI is InChI=1S/C20H22F5N3O2/c21-19(22)5-3-11(4-6-19)16(26)18-27-13-8-10(1-2-14(13)30-18)7-12-9-15(20(23,24)25)28-17(12)29/h1-2,8,11-12,15-16H,3-7,9,26H2,(H,28,29)/t12-,15-,16-/m0/s1. The van der Waals surface area contributed by atoms with Crippen LogP contribution in [0.3, 0.4) is 0 Å². The van der Waals surface area contributed by atoms with Gasteiger partial charge in [-0.2, -0.15) is 13.2 Å². The van der Waals surface area contributed by atoms with E-state index in [0.717, 1.165) is 0 Å². The van der Waals surface area contributed by atoms with Crippen molar-refractivity contribution in [1.29, 1.82) is 0 Å². The molecule has 10 heteroatoms. The molecule has 4 rings (SSSR count). The number of carbonyl (C=O) groups is 1. The maximum absolute atomic E-state index is 13.4. The Kier molecular flexibility index (Phi) is 5.24. The highest BCUT2D eigenvalue weighted by Crippen LogP contribution is 2.41. The van der Waals surface area contributed by atoms with Crippen LogP contribution >= 0.6 is 0 Å². The summed E-state index contributed by atoms with van der Waals surface area (Å²) in [5, 5.41) is 1.99. The number of benzene rings is 1. The lowest BCUT2D eigenvalue weighted by molar-refractivity contribution is -0.154. The van der Waals surface area contributed by atoms with Gasteiger partial charge < -0.3 is 15.5 Å².